The average Bonchev–Trinajstić information content (AvgIpc) is 3.24. The van der Waals surface area contributed by atoms with Crippen LogP contribution in [0.25, 0.3) is 0 Å². The van der Waals surface area contributed by atoms with E-state index >= 15 is 0 Å². The van der Waals surface area contributed by atoms with Crippen molar-refractivity contribution in [2.45, 2.75) is 33.1 Å². The van der Waals surface area contributed by atoms with Gasteiger partial charge >= 0.3 is 5.97 Å². The summed E-state index contributed by atoms with van der Waals surface area (Å²) in [7, 11) is 0. The second kappa shape index (κ2) is 7.74. The van der Waals surface area contributed by atoms with Crippen molar-refractivity contribution in [1.29, 1.82) is 0 Å². The van der Waals surface area contributed by atoms with E-state index in [2.05, 4.69) is 0 Å². The van der Waals surface area contributed by atoms with Gasteiger partial charge in [-0.25, -0.2) is 0 Å². The Hall–Kier alpha value is -3.48. The molecule has 1 unspecified atom stereocenters. The van der Waals surface area contributed by atoms with E-state index < -0.39 is 11.9 Å². The smallest absolute Gasteiger partial charge is 0.316 e. The van der Waals surface area contributed by atoms with Crippen molar-refractivity contribution < 1.29 is 23.9 Å². The molecule has 30 heavy (non-hydrogen) atoms. The number of anilines is 2. The zero-order valence-corrected chi connectivity index (χ0v) is 16.9. The number of ether oxygens (including phenoxy) is 1. The number of esters is 1. The number of carbonyl (C=O) groups is 4. The average molecular weight is 406 g/mol. The quantitative estimate of drug-likeness (QED) is 0.443. The molecule has 2 heterocycles. The van der Waals surface area contributed by atoms with Crippen molar-refractivity contribution in [2.24, 2.45) is 5.92 Å². The second-order valence-electron chi connectivity index (χ2n) is 7.79. The predicted octanol–water partition coefficient (Wildman–Crippen LogP) is 2.92. The van der Waals surface area contributed by atoms with E-state index in [-0.39, 0.29) is 43.5 Å². The molecule has 0 radical (unpaired) electrons. The highest BCUT2D eigenvalue weighted by atomic mass is 16.5. The summed E-state index contributed by atoms with van der Waals surface area (Å²) < 4.78 is 5.44. The molecule has 4 rings (SSSR count). The van der Waals surface area contributed by atoms with E-state index in [1.54, 1.807) is 29.2 Å². The van der Waals surface area contributed by atoms with E-state index in [0.717, 1.165) is 21.7 Å². The number of rotatable bonds is 4. The summed E-state index contributed by atoms with van der Waals surface area (Å²) in [6.07, 6.45) is 0.519. The molecule has 2 aliphatic heterocycles. The highest BCUT2D eigenvalue weighted by Gasteiger charge is 2.36. The van der Waals surface area contributed by atoms with E-state index in [1.807, 2.05) is 32.0 Å². The summed E-state index contributed by atoms with van der Waals surface area (Å²) in [5.74, 6) is -1.30. The first-order valence-electron chi connectivity index (χ1n) is 9.88. The van der Waals surface area contributed by atoms with Gasteiger partial charge in [0.2, 0.25) is 17.7 Å². The standard InChI is InChI=1S/C23H22N2O5/c1-14-9-15(2)11-18(10-14)24-13-16(12-22(24)28)23(29)30-19-5-3-17(4-6-19)25-20(26)7-8-21(25)27/h3-6,9-11,16H,7-8,12-13H2,1-2H3. The molecule has 7 nitrogen and oxygen atoms in total. The number of benzene rings is 2. The molecule has 0 aromatic heterocycles. The Morgan fingerprint density at radius 1 is 0.867 bits per heavy atom. The minimum Gasteiger partial charge on any atom is -0.426 e. The lowest BCUT2D eigenvalue weighted by molar-refractivity contribution is -0.139. The van der Waals surface area contributed by atoms with Crippen LogP contribution < -0.4 is 14.5 Å². The van der Waals surface area contributed by atoms with E-state index in [1.165, 1.54) is 0 Å². The van der Waals surface area contributed by atoms with Crippen LogP contribution in [0.5, 0.6) is 5.75 Å². The van der Waals surface area contributed by atoms with Crippen molar-refractivity contribution in [3.8, 4) is 5.75 Å². The van der Waals surface area contributed by atoms with Gasteiger partial charge in [-0.1, -0.05) is 6.07 Å². The molecule has 1 atom stereocenters. The lowest BCUT2D eigenvalue weighted by atomic mass is 10.1. The van der Waals surface area contributed by atoms with Crippen molar-refractivity contribution in [3.05, 3.63) is 53.6 Å². The molecular weight excluding hydrogens is 384 g/mol. The van der Waals surface area contributed by atoms with Crippen LogP contribution in [-0.4, -0.2) is 30.2 Å². The number of aryl methyl sites for hydroxylation is 2. The van der Waals surface area contributed by atoms with Crippen molar-refractivity contribution in [3.63, 3.8) is 0 Å². The molecule has 0 saturated carbocycles. The number of hydrogen-bond acceptors (Lipinski definition) is 5. The van der Waals surface area contributed by atoms with Crippen LogP contribution in [0.4, 0.5) is 11.4 Å². The third-order valence-electron chi connectivity index (χ3n) is 5.34. The summed E-state index contributed by atoms with van der Waals surface area (Å²) in [6, 6.07) is 12.1. The molecule has 2 aliphatic rings. The lowest BCUT2D eigenvalue weighted by Crippen LogP contribution is -2.28. The van der Waals surface area contributed by atoms with Gasteiger partial charge in [-0.2, -0.15) is 0 Å². The Bertz CT molecular complexity index is 1010. The van der Waals surface area contributed by atoms with Crippen molar-refractivity contribution >= 4 is 35.1 Å². The van der Waals surface area contributed by atoms with E-state index in [9.17, 15) is 19.2 Å². The number of carbonyl (C=O) groups excluding carboxylic acids is 4. The maximum absolute atomic E-state index is 12.6. The van der Waals surface area contributed by atoms with Gasteiger partial charge in [-0.05, 0) is 61.4 Å². The van der Waals surface area contributed by atoms with Crippen LogP contribution in [0.1, 0.15) is 30.4 Å². The maximum atomic E-state index is 12.6. The number of hydrogen-bond donors (Lipinski definition) is 0. The molecule has 2 aromatic rings. The van der Waals surface area contributed by atoms with Crippen LogP contribution >= 0.6 is 0 Å². The van der Waals surface area contributed by atoms with Gasteiger partial charge in [-0.15, -0.1) is 0 Å². The molecule has 0 spiro atoms. The molecule has 2 aromatic carbocycles. The Kier molecular flexibility index (Phi) is 5.11. The van der Waals surface area contributed by atoms with Gasteiger partial charge in [-0.3, -0.25) is 24.1 Å². The van der Waals surface area contributed by atoms with Gasteiger partial charge in [0.05, 0.1) is 11.6 Å². The Morgan fingerprint density at radius 2 is 1.47 bits per heavy atom. The van der Waals surface area contributed by atoms with Crippen LogP contribution in [0.2, 0.25) is 0 Å². The Labute approximate surface area is 174 Å². The molecule has 154 valence electrons. The number of nitrogens with zero attached hydrogens (tertiary/aromatic N) is 2. The van der Waals surface area contributed by atoms with Gasteiger partial charge in [0.25, 0.3) is 0 Å². The molecule has 2 saturated heterocycles. The first-order valence-corrected chi connectivity index (χ1v) is 9.88. The van der Waals surface area contributed by atoms with Crippen LogP contribution in [-0.2, 0) is 19.2 Å². The van der Waals surface area contributed by atoms with Gasteiger partial charge < -0.3 is 9.64 Å². The fourth-order valence-electron chi connectivity index (χ4n) is 3.95. The molecule has 2 fully saturated rings. The normalized spacial score (nSPS) is 19.0. The minimum atomic E-state index is -0.556. The first kappa shape index (κ1) is 19.8. The SMILES string of the molecule is Cc1cc(C)cc(N2CC(C(=O)Oc3ccc(N4C(=O)CCC4=O)cc3)CC2=O)c1. The highest BCUT2D eigenvalue weighted by Crippen LogP contribution is 2.29. The third-order valence-corrected chi connectivity index (χ3v) is 5.34. The van der Waals surface area contributed by atoms with Crippen LogP contribution in [0, 0.1) is 19.8 Å². The van der Waals surface area contributed by atoms with Crippen molar-refractivity contribution in [2.75, 3.05) is 16.3 Å². The molecule has 3 amide bonds. The van der Waals surface area contributed by atoms with E-state index in [4.69, 9.17) is 4.74 Å². The first-order chi connectivity index (χ1) is 14.3. The zero-order valence-electron chi connectivity index (χ0n) is 16.9. The van der Waals surface area contributed by atoms with Gasteiger partial charge in [0.15, 0.2) is 0 Å². The Balaban J connectivity index is 1.42. The summed E-state index contributed by atoms with van der Waals surface area (Å²) in [6.45, 7) is 4.21. The summed E-state index contributed by atoms with van der Waals surface area (Å²) in [4.78, 5) is 51.5. The Morgan fingerprint density at radius 3 is 2.07 bits per heavy atom. The largest absolute Gasteiger partial charge is 0.426 e. The highest BCUT2D eigenvalue weighted by molar-refractivity contribution is 6.19. The molecule has 0 bridgehead atoms. The molecule has 0 N–H and O–H groups in total. The van der Waals surface area contributed by atoms with Crippen LogP contribution in [0.3, 0.4) is 0 Å². The van der Waals surface area contributed by atoms with Gasteiger partial charge in [0, 0.05) is 31.5 Å². The fraction of sp³-hybridized carbons (Fsp3) is 0.304. The second-order valence-corrected chi connectivity index (χ2v) is 7.79. The lowest BCUT2D eigenvalue weighted by Gasteiger charge is -2.18. The topological polar surface area (TPSA) is 84.0 Å². The van der Waals surface area contributed by atoms with E-state index in [0.29, 0.717) is 11.4 Å². The monoisotopic (exact) mass is 406 g/mol. The maximum Gasteiger partial charge on any atom is 0.316 e. The third kappa shape index (κ3) is 3.83. The van der Waals surface area contributed by atoms with Crippen molar-refractivity contribution in [1.82, 2.24) is 0 Å². The zero-order chi connectivity index (χ0) is 21.4. The summed E-state index contributed by atoms with van der Waals surface area (Å²) in [5, 5.41) is 0. The number of imide groups is 1. The molecule has 7 heteroatoms. The summed E-state index contributed by atoms with van der Waals surface area (Å²) >= 11 is 0. The minimum absolute atomic E-state index is 0.0979. The predicted molar refractivity (Wildman–Crippen MR) is 110 cm³/mol. The number of amides is 3. The molecular formula is C23H22N2O5. The van der Waals surface area contributed by atoms with Crippen LogP contribution in [0.15, 0.2) is 42.5 Å². The van der Waals surface area contributed by atoms with Gasteiger partial charge in [0.1, 0.15) is 5.75 Å². The fourth-order valence-corrected chi connectivity index (χ4v) is 3.95. The summed E-state index contributed by atoms with van der Waals surface area (Å²) in [5.41, 5.74) is 3.36. The molecule has 0 aliphatic carbocycles.